The van der Waals surface area contributed by atoms with Crippen LogP contribution >= 0.6 is 7.60 Å². The molecule has 0 N–H and O–H groups in total. The lowest BCUT2D eigenvalue weighted by molar-refractivity contribution is 0.220. The van der Waals surface area contributed by atoms with E-state index in [9.17, 15) is 4.57 Å². The standard InChI is InChI=1S/C16H23O3P/c1-4-18-20(17,19-5-2)14-8-6-7-9-16-12-10-15(3)11-13-16/h10-13H,4-6,8,14H2,1-3H3. The van der Waals surface area contributed by atoms with Gasteiger partial charge in [0.15, 0.2) is 0 Å². The molecule has 0 aliphatic carbocycles. The molecule has 0 amide bonds. The summed E-state index contributed by atoms with van der Waals surface area (Å²) in [5.74, 6) is 6.20. The van der Waals surface area contributed by atoms with Crippen LogP contribution in [0, 0.1) is 18.8 Å². The smallest absolute Gasteiger partial charge is 0.309 e. The van der Waals surface area contributed by atoms with E-state index < -0.39 is 7.60 Å². The van der Waals surface area contributed by atoms with Gasteiger partial charge < -0.3 is 9.05 Å². The molecule has 4 heteroatoms. The Hall–Kier alpha value is -1.07. The number of aryl methyl sites for hydroxylation is 1. The highest BCUT2D eigenvalue weighted by atomic mass is 31.2. The highest BCUT2D eigenvalue weighted by molar-refractivity contribution is 7.53. The lowest BCUT2D eigenvalue weighted by Crippen LogP contribution is -2.00. The second kappa shape index (κ2) is 8.97. The van der Waals surface area contributed by atoms with Crippen molar-refractivity contribution in [3.8, 4) is 11.8 Å². The molecule has 1 aromatic rings. The molecular formula is C16H23O3P. The van der Waals surface area contributed by atoms with E-state index >= 15 is 0 Å². The average Bonchev–Trinajstić information content (AvgIpc) is 2.41. The number of benzene rings is 1. The minimum atomic E-state index is -2.91. The van der Waals surface area contributed by atoms with Crippen molar-refractivity contribution in [2.45, 2.75) is 33.6 Å². The van der Waals surface area contributed by atoms with E-state index in [-0.39, 0.29) is 0 Å². The zero-order chi connectivity index (χ0) is 14.8. The van der Waals surface area contributed by atoms with E-state index in [1.807, 2.05) is 38.1 Å². The van der Waals surface area contributed by atoms with Crippen molar-refractivity contribution in [3.63, 3.8) is 0 Å². The van der Waals surface area contributed by atoms with Crippen LogP contribution in [0.1, 0.15) is 37.8 Å². The van der Waals surface area contributed by atoms with Crippen LogP contribution in [0.25, 0.3) is 0 Å². The molecular weight excluding hydrogens is 271 g/mol. The van der Waals surface area contributed by atoms with Gasteiger partial charge in [0.2, 0.25) is 0 Å². The normalized spacial score (nSPS) is 10.9. The van der Waals surface area contributed by atoms with Gasteiger partial charge >= 0.3 is 7.60 Å². The molecule has 0 atom stereocenters. The summed E-state index contributed by atoms with van der Waals surface area (Å²) in [6.45, 7) is 6.51. The van der Waals surface area contributed by atoms with Gasteiger partial charge in [-0.15, -0.1) is 0 Å². The van der Waals surface area contributed by atoms with Crippen LogP contribution in [0.4, 0.5) is 0 Å². The van der Waals surface area contributed by atoms with Crippen LogP contribution < -0.4 is 0 Å². The summed E-state index contributed by atoms with van der Waals surface area (Å²) < 4.78 is 22.7. The van der Waals surface area contributed by atoms with E-state index in [1.165, 1.54) is 5.56 Å². The minimum absolute atomic E-state index is 0.409. The molecule has 1 rings (SSSR count). The van der Waals surface area contributed by atoms with Crippen LogP contribution in [0.3, 0.4) is 0 Å². The molecule has 1 aromatic carbocycles. The topological polar surface area (TPSA) is 35.5 Å². The maximum absolute atomic E-state index is 12.2. The summed E-state index contributed by atoms with van der Waals surface area (Å²) in [6, 6.07) is 8.10. The van der Waals surface area contributed by atoms with Crippen LogP contribution in [0.5, 0.6) is 0 Å². The van der Waals surface area contributed by atoms with Gasteiger partial charge in [-0.3, -0.25) is 4.57 Å². The van der Waals surface area contributed by atoms with Gasteiger partial charge in [0, 0.05) is 12.0 Å². The maximum atomic E-state index is 12.2. The van der Waals surface area contributed by atoms with Gasteiger partial charge in [-0.1, -0.05) is 29.5 Å². The Bertz CT molecular complexity index is 487. The zero-order valence-electron chi connectivity index (χ0n) is 12.5. The summed E-state index contributed by atoms with van der Waals surface area (Å²) >= 11 is 0. The summed E-state index contributed by atoms with van der Waals surface area (Å²) in [7, 11) is -2.91. The zero-order valence-corrected chi connectivity index (χ0v) is 13.4. The highest BCUT2D eigenvalue weighted by Crippen LogP contribution is 2.48. The quantitative estimate of drug-likeness (QED) is 0.425. The lowest BCUT2D eigenvalue weighted by Gasteiger charge is -2.15. The number of rotatable bonds is 7. The Morgan fingerprint density at radius 3 is 2.25 bits per heavy atom. The molecule has 0 saturated heterocycles. The third-order valence-corrected chi connectivity index (χ3v) is 4.84. The fourth-order valence-corrected chi connectivity index (χ4v) is 3.39. The number of hydrogen-bond donors (Lipinski definition) is 0. The molecule has 0 heterocycles. The van der Waals surface area contributed by atoms with Gasteiger partial charge in [-0.2, -0.15) is 0 Å². The third kappa shape index (κ3) is 6.39. The second-order valence-electron chi connectivity index (χ2n) is 4.44. The first-order valence-corrected chi connectivity index (χ1v) is 8.76. The van der Waals surface area contributed by atoms with E-state index in [1.54, 1.807) is 0 Å². The van der Waals surface area contributed by atoms with Crippen LogP contribution in [0.2, 0.25) is 0 Å². The Balaban J connectivity index is 2.41. The molecule has 3 nitrogen and oxygen atoms in total. The van der Waals surface area contributed by atoms with E-state index in [0.717, 1.165) is 12.0 Å². The van der Waals surface area contributed by atoms with Crippen molar-refractivity contribution >= 4 is 7.60 Å². The van der Waals surface area contributed by atoms with Crippen LogP contribution in [-0.2, 0) is 13.6 Å². The van der Waals surface area contributed by atoms with Crippen LogP contribution in [0.15, 0.2) is 24.3 Å². The average molecular weight is 294 g/mol. The molecule has 0 spiro atoms. The van der Waals surface area contributed by atoms with E-state index in [4.69, 9.17) is 9.05 Å². The van der Waals surface area contributed by atoms with Gasteiger partial charge in [0.25, 0.3) is 0 Å². The van der Waals surface area contributed by atoms with Crippen molar-refractivity contribution in [1.82, 2.24) is 0 Å². The fraction of sp³-hybridized carbons (Fsp3) is 0.500. The Kier molecular flexibility index (Phi) is 7.62. The Morgan fingerprint density at radius 2 is 1.70 bits per heavy atom. The van der Waals surface area contributed by atoms with Crippen molar-refractivity contribution in [1.29, 1.82) is 0 Å². The first kappa shape index (κ1) is 17.0. The monoisotopic (exact) mass is 294 g/mol. The maximum Gasteiger partial charge on any atom is 0.330 e. The van der Waals surface area contributed by atoms with Crippen molar-refractivity contribution in [2.75, 3.05) is 19.4 Å². The Morgan fingerprint density at radius 1 is 1.10 bits per heavy atom. The highest BCUT2D eigenvalue weighted by Gasteiger charge is 2.22. The largest absolute Gasteiger partial charge is 0.330 e. The summed E-state index contributed by atoms with van der Waals surface area (Å²) in [5.41, 5.74) is 2.23. The second-order valence-corrected chi connectivity index (χ2v) is 6.63. The third-order valence-electron chi connectivity index (χ3n) is 2.67. The molecule has 20 heavy (non-hydrogen) atoms. The molecule has 0 aliphatic heterocycles. The molecule has 0 saturated carbocycles. The van der Waals surface area contributed by atoms with Crippen molar-refractivity contribution in [2.24, 2.45) is 0 Å². The van der Waals surface area contributed by atoms with E-state index in [0.29, 0.717) is 25.8 Å². The fourth-order valence-electron chi connectivity index (χ4n) is 1.72. The van der Waals surface area contributed by atoms with Crippen molar-refractivity contribution in [3.05, 3.63) is 35.4 Å². The van der Waals surface area contributed by atoms with Crippen molar-refractivity contribution < 1.29 is 13.6 Å². The number of unbranched alkanes of at least 4 members (excludes halogenated alkanes) is 1. The van der Waals surface area contributed by atoms with E-state index in [2.05, 4.69) is 18.8 Å². The predicted octanol–water partition coefficient (Wildman–Crippen LogP) is 4.39. The first-order valence-electron chi connectivity index (χ1n) is 7.03. The van der Waals surface area contributed by atoms with Gasteiger partial charge in [-0.25, -0.2) is 0 Å². The van der Waals surface area contributed by atoms with Gasteiger partial charge in [0.05, 0.1) is 19.4 Å². The summed E-state index contributed by atoms with van der Waals surface area (Å²) in [4.78, 5) is 0. The minimum Gasteiger partial charge on any atom is -0.309 e. The van der Waals surface area contributed by atoms with Gasteiger partial charge in [0.1, 0.15) is 0 Å². The lowest BCUT2D eigenvalue weighted by atomic mass is 10.1. The predicted molar refractivity (Wildman–Crippen MR) is 83.0 cm³/mol. The molecule has 0 fully saturated rings. The Labute approximate surface area is 122 Å². The first-order chi connectivity index (χ1) is 9.59. The molecule has 0 aromatic heterocycles. The number of hydrogen-bond acceptors (Lipinski definition) is 3. The molecule has 0 bridgehead atoms. The van der Waals surface area contributed by atoms with Crippen LogP contribution in [-0.4, -0.2) is 19.4 Å². The summed E-state index contributed by atoms with van der Waals surface area (Å²) in [5, 5.41) is 0. The van der Waals surface area contributed by atoms with Gasteiger partial charge in [-0.05, 0) is 39.3 Å². The SMILES string of the molecule is CCOP(=O)(CCCC#Cc1ccc(C)cc1)OCC. The molecule has 0 aliphatic rings. The molecule has 0 unspecified atom stereocenters. The summed E-state index contributed by atoms with van der Waals surface area (Å²) in [6.07, 6.45) is 1.84. The molecule has 110 valence electrons. The molecule has 0 radical (unpaired) electrons.